The summed E-state index contributed by atoms with van der Waals surface area (Å²) in [5.41, 5.74) is 0. The van der Waals surface area contributed by atoms with E-state index in [2.05, 4.69) is 14.5 Å². The van der Waals surface area contributed by atoms with Crippen molar-refractivity contribution in [3.63, 3.8) is 0 Å². The van der Waals surface area contributed by atoms with Crippen molar-refractivity contribution in [3.8, 4) is 0 Å². The van der Waals surface area contributed by atoms with Gasteiger partial charge in [-0.2, -0.15) is 0 Å². The Kier molecular flexibility index (Phi) is 4.23. The van der Waals surface area contributed by atoms with Crippen LogP contribution in [0.3, 0.4) is 0 Å². The molecule has 0 saturated heterocycles. The lowest BCUT2D eigenvalue weighted by Crippen LogP contribution is -2.28. The van der Waals surface area contributed by atoms with Crippen LogP contribution in [0.1, 0.15) is 5.01 Å². The molecule has 0 saturated carbocycles. The van der Waals surface area contributed by atoms with Crippen LogP contribution in [0.2, 0.25) is 0 Å². The van der Waals surface area contributed by atoms with E-state index in [1.165, 1.54) is 25.6 Å². The lowest BCUT2D eigenvalue weighted by molar-refractivity contribution is -0.158. The van der Waals surface area contributed by atoms with E-state index in [0.717, 1.165) is 0 Å². The summed E-state index contributed by atoms with van der Waals surface area (Å²) in [5, 5.41) is 2.48. The Balaban J connectivity index is 2.73. The first-order valence-electron chi connectivity index (χ1n) is 4.23. The van der Waals surface area contributed by atoms with Gasteiger partial charge in [0.15, 0.2) is 5.92 Å². The number of hydrogen-bond acceptors (Lipinski definition) is 6. The maximum atomic E-state index is 11.3. The van der Waals surface area contributed by atoms with Crippen molar-refractivity contribution in [2.24, 2.45) is 5.92 Å². The predicted octanol–water partition coefficient (Wildman–Crippen LogP) is 0.648. The zero-order valence-corrected chi connectivity index (χ0v) is 9.24. The highest BCUT2D eigenvalue weighted by atomic mass is 32.1. The van der Waals surface area contributed by atoms with Crippen LogP contribution >= 0.6 is 11.3 Å². The minimum atomic E-state index is -0.925. The van der Waals surface area contributed by atoms with Crippen LogP contribution in [0.25, 0.3) is 0 Å². The first-order chi connectivity index (χ1) is 7.19. The predicted molar refractivity (Wildman–Crippen MR) is 53.3 cm³/mol. The number of nitrogens with zero attached hydrogens (tertiary/aromatic N) is 1. The Bertz CT molecular complexity index is 320. The summed E-state index contributed by atoms with van der Waals surface area (Å²) in [6.45, 7) is 0. The summed E-state index contributed by atoms with van der Waals surface area (Å²) < 4.78 is 9.04. The second-order valence-electron chi connectivity index (χ2n) is 2.73. The van der Waals surface area contributed by atoms with E-state index in [4.69, 9.17) is 0 Å². The van der Waals surface area contributed by atoms with Crippen molar-refractivity contribution in [1.29, 1.82) is 0 Å². The van der Waals surface area contributed by atoms with Gasteiger partial charge in [-0.3, -0.25) is 9.59 Å². The molecule has 82 valence electrons. The summed E-state index contributed by atoms with van der Waals surface area (Å²) in [4.78, 5) is 26.6. The molecule has 15 heavy (non-hydrogen) atoms. The molecule has 0 aliphatic heterocycles. The molecule has 0 atom stereocenters. The maximum absolute atomic E-state index is 11.3. The number of ether oxygens (including phenoxy) is 2. The lowest BCUT2D eigenvalue weighted by Gasteiger charge is -2.10. The molecule has 6 heteroatoms. The van der Waals surface area contributed by atoms with Crippen LogP contribution in [0.15, 0.2) is 11.6 Å². The molecular weight excluding hydrogens is 218 g/mol. The molecule has 0 radical (unpaired) electrons. The Morgan fingerprint density at radius 2 is 2.00 bits per heavy atom. The molecule has 1 rings (SSSR count). The molecule has 0 unspecified atom stereocenters. The zero-order chi connectivity index (χ0) is 11.3. The molecular formula is C9H11NO4S. The topological polar surface area (TPSA) is 65.5 Å². The van der Waals surface area contributed by atoms with Crippen LogP contribution in [-0.2, 0) is 25.5 Å². The molecule has 0 aliphatic rings. The molecule has 5 nitrogen and oxygen atoms in total. The van der Waals surface area contributed by atoms with Gasteiger partial charge in [-0.15, -0.1) is 11.3 Å². The fourth-order valence-electron chi connectivity index (χ4n) is 1.08. The first kappa shape index (κ1) is 11.6. The van der Waals surface area contributed by atoms with Crippen molar-refractivity contribution in [3.05, 3.63) is 16.6 Å². The van der Waals surface area contributed by atoms with Crippen LogP contribution in [0.5, 0.6) is 0 Å². The van der Waals surface area contributed by atoms with Gasteiger partial charge in [0.2, 0.25) is 0 Å². The summed E-state index contributed by atoms with van der Waals surface area (Å²) >= 11 is 1.38. The Labute approximate surface area is 91.0 Å². The van der Waals surface area contributed by atoms with Crippen LogP contribution in [-0.4, -0.2) is 31.1 Å². The van der Waals surface area contributed by atoms with E-state index in [9.17, 15) is 9.59 Å². The number of rotatable bonds is 4. The number of carbonyl (C=O) groups excluding carboxylic acids is 2. The first-order valence-corrected chi connectivity index (χ1v) is 5.11. The standard InChI is InChI=1S/C9H11NO4S/c1-13-8(11)6(9(12)14-2)5-7-10-3-4-15-7/h3-4,6H,5H2,1-2H3. The highest BCUT2D eigenvalue weighted by Crippen LogP contribution is 2.14. The maximum Gasteiger partial charge on any atom is 0.320 e. The molecule has 0 spiro atoms. The van der Waals surface area contributed by atoms with Crippen LogP contribution in [0, 0.1) is 5.92 Å². The fraction of sp³-hybridized carbons (Fsp3) is 0.444. The summed E-state index contributed by atoms with van der Waals surface area (Å²) in [7, 11) is 2.47. The van der Waals surface area contributed by atoms with E-state index < -0.39 is 17.9 Å². The van der Waals surface area contributed by atoms with Gasteiger partial charge in [0.25, 0.3) is 0 Å². The molecule has 1 aromatic heterocycles. The average molecular weight is 229 g/mol. The monoisotopic (exact) mass is 229 g/mol. The third kappa shape index (κ3) is 3.02. The van der Waals surface area contributed by atoms with Crippen molar-refractivity contribution in [1.82, 2.24) is 4.98 Å². The van der Waals surface area contributed by atoms with Gasteiger partial charge < -0.3 is 9.47 Å². The number of esters is 2. The van der Waals surface area contributed by atoms with Crippen molar-refractivity contribution >= 4 is 23.3 Å². The summed E-state index contributed by atoms with van der Waals surface area (Å²) in [6.07, 6.45) is 1.84. The SMILES string of the molecule is COC(=O)C(Cc1nccs1)C(=O)OC. The quantitative estimate of drug-likeness (QED) is 0.560. The second-order valence-corrected chi connectivity index (χ2v) is 3.71. The number of thiazole rings is 1. The lowest BCUT2D eigenvalue weighted by atomic mass is 10.1. The number of hydrogen-bond donors (Lipinski definition) is 0. The third-order valence-corrected chi connectivity index (χ3v) is 2.64. The van der Waals surface area contributed by atoms with Gasteiger partial charge in [-0.05, 0) is 0 Å². The van der Waals surface area contributed by atoms with Crippen LogP contribution in [0.4, 0.5) is 0 Å². The fourth-order valence-corrected chi connectivity index (χ4v) is 1.74. The normalized spacial score (nSPS) is 10.1. The van der Waals surface area contributed by atoms with E-state index >= 15 is 0 Å². The van der Waals surface area contributed by atoms with Gasteiger partial charge in [0.1, 0.15) is 0 Å². The molecule has 0 fully saturated rings. The van der Waals surface area contributed by atoms with Crippen molar-refractivity contribution in [2.45, 2.75) is 6.42 Å². The van der Waals surface area contributed by atoms with E-state index in [-0.39, 0.29) is 6.42 Å². The number of aromatic nitrogens is 1. The van der Waals surface area contributed by atoms with Gasteiger partial charge in [0.05, 0.1) is 19.2 Å². The average Bonchev–Trinajstić information content (AvgIpc) is 2.76. The van der Waals surface area contributed by atoms with E-state index in [0.29, 0.717) is 5.01 Å². The molecule has 1 heterocycles. The Morgan fingerprint density at radius 3 is 2.40 bits per heavy atom. The van der Waals surface area contributed by atoms with Gasteiger partial charge in [-0.1, -0.05) is 0 Å². The highest BCUT2D eigenvalue weighted by Gasteiger charge is 2.29. The highest BCUT2D eigenvalue weighted by molar-refractivity contribution is 7.09. The zero-order valence-electron chi connectivity index (χ0n) is 8.43. The minimum Gasteiger partial charge on any atom is -0.468 e. The van der Waals surface area contributed by atoms with Crippen LogP contribution < -0.4 is 0 Å². The Morgan fingerprint density at radius 1 is 1.40 bits per heavy atom. The summed E-state index contributed by atoms with van der Waals surface area (Å²) in [5.74, 6) is -2.12. The molecule has 0 amide bonds. The molecule has 1 aromatic rings. The van der Waals surface area contributed by atoms with E-state index in [1.807, 2.05) is 0 Å². The summed E-state index contributed by atoms with van der Waals surface area (Å²) in [6, 6.07) is 0. The molecule has 0 aromatic carbocycles. The molecule has 0 N–H and O–H groups in total. The van der Waals surface area contributed by atoms with E-state index in [1.54, 1.807) is 11.6 Å². The third-order valence-electron chi connectivity index (χ3n) is 1.83. The van der Waals surface area contributed by atoms with Gasteiger partial charge in [-0.25, -0.2) is 4.98 Å². The molecule has 0 bridgehead atoms. The Hall–Kier alpha value is -1.43. The van der Waals surface area contributed by atoms with Gasteiger partial charge in [0, 0.05) is 18.0 Å². The number of methoxy groups -OCH3 is 2. The smallest absolute Gasteiger partial charge is 0.320 e. The number of carbonyl (C=O) groups is 2. The van der Waals surface area contributed by atoms with Crippen molar-refractivity contribution < 1.29 is 19.1 Å². The van der Waals surface area contributed by atoms with Gasteiger partial charge >= 0.3 is 11.9 Å². The van der Waals surface area contributed by atoms with Crippen molar-refractivity contribution in [2.75, 3.05) is 14.2 Å². The largest absolute Gasteiger partial charge is 0.468 e. The second kappa shape index (κ2) is 5.45. The molecule has 0 aliphatic carbocycles. The minimum absolute atomic E-state index is 0.219.